The second-order valence-electron chi connectivity index (χ2n) is 8.39. The van der Waals surface area contributed by atoms with Gasteiger partial charge in [0.05, 0.1) is 0 Å². The van der Waals surface area contributed by atoms with Gasteiger partial charge in [0.1, 0.15) is 11.6 Å². The molecule has 5 aliphatic rings. The highest BCUT2D eigenvalue weighted by molar-refractivity contribution is 5.94. The van der Waals surface area contributed by atoms with Gasteiger partial charge in [-0.25, -0.2) is 0 Å². The lowest BCUT2D eigenvalue weighted by molar-refractivity contribution is -0.151. The summed E-state index contributed by atoms with van der Waals surface area (Å²) in [6.45, 7) is 0. The molecule has 1 heterocycles. The predicted octanol–water partition coefficient (Wildman–Crippen LogP) is 0.842. The average molecular weight is 333 g/mol. The first-order chi connectivity index (χ1) is 11.5. The zero-order valence-electron chi connectivity index (χ0n) is 14.1. The Bertz CT molecular complexity index is 546. The van der Waals surface area contributed by atoms with Gasteiger partial charge in [-0.3, -0.25) is 14.4 Å². The fraction of sp³-hybridized carbons (Fsp3) is 0.833. The van der Waals surface area contributed by atoms with E-state index >= 15 is 0 Å². The zero-order valence-corrected chi connectivity index (χ0v) is 14.1. The van der Waals surface area contributed by atoms with Crippen LogP contribution in [0.25, 0.3) is 0 Å². The van der Waals surface area contributed by atoms with Crippen molar-refractivity contribution in [3.8, 4) is 0 Å². The Labute approximate surface area is 142 Å². The van der Waals surface area contributed by atoms with Crippen molar-refractivity contribution in [1.29, 1.82) is 0 Å². The van der Waals surface area contributed by atoms with Crippen LogP contribution in [0.2, 0.25) is 0 Å². The summed E-state index contributed by atoms with van der Waals surface area (Å²) < 4.78 is 0. The largest absolute Gasteiger partial charge is 0.368 e. The molecule has 6 heteroatoms. The number of primary amides is 1. The van der Waals surface area contributed by atoms with Crippen LogP contribution in [0.4, 0.5) is 0 Å². The van der Waals surface area contributed by atoms with Crippen molar-refractivity contribution in [1.82, 2.24) is 10.6 Å². The van der Waals surface area contributed by atoms with Gasteiger partial charge in [-0.2, -0.15) is 0 Å². The number of rotatable bonds is 3. The third kappa shape index (κ3) is 2.42. The predicted molar refractivity (Wildman–Crippen MR) is 87.5 cm³/mol. The fourth-order valence-electron chi connectivity index (χ4n) is 6.06. The quantitative estimate of drug-likeness (QED) is 0.713. The summed E-state index contributed by atoms with van der Waals surface area (Å²) in [5.41, 5.74) is 4.95. The molecule has 0 aromatic carbocycles. The summed E-state index contributed by atoms with van der Waals surface area (Å²) in [7, 11) is 0. The first kappa shape index (κ1) is 15.9. The summed E-state index contributed by atoms with van der Waals surface area (Å²) in [4.78, 5) is 37.1. The first-order valence-electron chi connectivity index (χ1n) is 9.40. The molecule has 0 aromatic rings. The monoisotopic (exact) mass is 333 g/mol. The molecule has 6 nitrogen and oxygen atoms in total. The maximum atomic E-state index is 12.9. The Morgan fingerprint density at radius 1 is 1.04 bits per heavy atom. The molecule has 1 aliphatic heterocycles. The van der Waals surface area contributed by atoms with Crippen LogP contribution in [0, 0.1) is 23.7 Å². The molecule has 0 aromatic heterocycles. The van der Waals surface area contributed by atoms with E-state index in [1.807, 2.05) is 0 Å². The van der Waals surface area contributed by atoms with Crippen molar-refractivity contribution in [3.63, 3.8) is 0 Å². The fourth-order valence-corrected chi connectivity index (χ4v) is 6.06. The molecule has 5 rings (SSSR count). The highest BCUT2D eigenvalue weighted by atomic mass is 16.2. The number of carbonyl (C=O) groups excluding carboxylic acids is 3. The third-order valence-electron chi connectivity index (χ3n) is 6.96. The van der Waals surface area contributed by atoms with Gasteiger partial charge in [0.25, 0.3) is 0 Å². The summed E-state index contributed by atoms with van der Waals surface area (Å²) in [6.07, 6.45) is 8.00. The van der Waals surface area contributed by atoms with Crippen LogP contribution < -0.4 is 16.4 Å². The molecule has 24 heavy (non-hydrogen) atoms. The van der Waals surface area contributed by atoms with Crippen LogP contribution in [0.5, 0.6) is 0 Å². The lowest BCUT2D eigenvalue weighted by Gasteiger charge is -2.59. The number of hydrogen-bond donors (Lipinski definition) is 3. The topological polar surface area (TPSA) is 101 Å². The van der Waals surface area contributed by atoms with Crippen molar-refractivity contribution in [3.05, 3.63) is 0 Å². The zero-order chi connectivity index (χ0) is 16.9. The molecular formula is C18H27N3O3. The SMILES string of the molecule is NC(=O)C1(NC(=O)C2CCCCC(=O)N2)C2CC3CC(C2)CC1C3. The second kappa shape index (κ2) is 5.74. The maximum Gasteiger partial charge on any atom is 0.243 e. The summed E-state index contributed by atoms with van der Waals surface area (Å²) in [5, 5.41) is 5.87. The Balaban J connectivity index is 1.57. The van der Waals surface area contributed by atoms with Crippen molar-refractivity contribution < 1.29 is 14.4 Å². The third-order valence-corrected chi connectivity index (χ3v) is 6.96. The molecule has 4 bridgehead atoms. The molecular weight excluding hydrogens is 306 g/mol. The van der Waals surface area contributed by atoms with E-state index in [0.717, 1.165) is 38.5 Å². The molecule has 0 radical (unpaired) electrons. The number of carbonyl (C=O) groups is 3. The van der Waals surface area contributed by atoms with E-state index < -0.39 is 11.6 Å². The molecule has 5 fully saturated rings. The smallest absolute Gasteiger partial charge is 0.243 e. The number of nitrogens with two attached hydrogens (primary N) is 1. The summed E-state index contributed by atoms with van der Waals surface area (Å²) in [6, 6.07) is -0.534. The van der Waals surface area contributed by atoms with Crippen LogP contribution >= 0.6 is 0 Å². The van der Waals surface area contributed by atoms with Gasteiger partial charge >= 0.3 is 0 Å². The normalized spacial score (nSPS) is 43.8. The minimum absolute atomic E-state index is 0.0779. The van der Waals surface area contributed by atoms with Crippen molar-refractivity contribution in [2.24, 2.45) is 29.4 Å². The Morgan fingerprint density at radius 3 is 2.25 bits per heavy atom. The second-order valence-corrected chi connectivity index (χ2v) is 8.39. The number of hydrogen-bond acceptors (Lipinski definition) is 3. The number of nitrogens with one attached hydrogen (secondary N) is 2. The van der Waals surface area contributed by atoms with Gasteiger partial charge in [-0.1, -0.05) is 6.42 Å². The van der Waals surface area contributed by atoms with Crippen LogP contribution in [0.3, 0.4) is 0 Å². The Kier molecular flexibility index (Phi) is 3.81. The molecule has 4 aliphatic carbocycles. The molecule has 1 saturated heterocycles. The van der Waals surface area contributed by atoms with E-state index in [4.69, 9.17) is 5.73 Å². The van der Waals surface area contributed by atoms with Crippen LogP contribution in [0.1, 0.15) is 57.8 Å². The van der Waals surface area contributed by atoms with E-state index in [0.29, 0.717) is 24.7 Å². The van der Waals surface area contributed by atoms with Gasteiger partial charge in [-0.05, 0) is 68.6 Å². The molecule has 132 valence electrons. The van der Waals surface area contributed by atoms with Gasteiger partial charge < -0.3 is 16.4 Å². The maximum absolute atomic E-state index is 12.9. The average Bonchev–Trinajstić information content (AvgIpc) is 2.74. The van der Waals surface area contributed by atoms with E-state index in [-0.39, 0.29) is 29.6 Å². The van der Waals surface area contributed by atoms with Gasteiger partial charge in [0, 0.05) is 6.42 Å². The van der Waals surface area contributed by atoms with Gasteiger partial charge in [0.2, 0.25) is 17.7 Å². The Hall–Kier alpha value is -1.59. The highest BCUT2D eigenvalue weighted by Gasteiger charge is 2.61. The molecule has 4 N–H and O–H groups in total. The van der Waals surface area contributed by atoms with Crippen molar-refractivity contribution in [2.75, 3.05) is 0 Å². The van der Waals surface area contributed by atoms with Gasteiger partial charge in [-0.15, -0.1) is 0 Å². The summed E-state index contributed by atoms with van der Waals surface area (Å²) >= 11 is 0. The first-order valence-corrected chi connectivity index (χ1v) is 9.40. The molecule has 1 atom stereocenters. The van der Waals surface area contributed by atoms with E-state index in [1.54, 1.807) is 0 Å². The lowest BCUT2D eigenvalue weighted by Crippen LogP contribution is -2.73. The molecule has 4 saturated carbocycles. The molecule has 1 unspecified atom stereocenters. The van der Waals surface area contributed by atoms with Crippen molar-refractivity contribution in [2.45, 2.75) is 69.4 Å². The van der Waals surface area contributed by atoms with E-state index in [9.17, 15) is 14.4 Å². The standard InChI is InChI=1S/C18H27N3O3/c19-17(24)18(12-6-10-5-11(8-12)9-13(18)7-10)21-16(23)14-3-1-2-4-15(22)20-14/h10-14H,1-9H2,(H2,19,24)(H,20,22)(H,21,23). The van der Waals surface area contributed by atoms with Gasteiger partial charge in [0.15, 0.2) is 0 Å². The number of amides is 3. The van der Waals surface area contributed by atoms with Crippen LogP contribution in [-0.4, -0.2) is 29.3 Å². The van der Waals surface area contributed by atoms with E-state index in [1.165, 1.54) is 6.42 Å². The molecule has 0 spiro atoms. The summed E-state index contributed by atoms with van der Waals surface area (Å²) in [5.74, 6) is 1.02. The van der Waals surface area contributed by atoms with E-state index in [2.05, 4.69) is 10.6 Å². The lowest BCUT2D eigenvalue weighted by atomic mass is 9.48. The van der Waals surface area contributed by atoms with Crippen LogP contribution in [-0.2, 0) is 14.4 Å². The van der Waals surface area contributed by atoms with Crippen LogP contribution in [0.15, 0.2) is 0 Å². The Morgan fingerprint density at radius 2 is 1.67 bits per heavy atom. The minimum atomic E-state index is -0.901. The molecule has 3 amide bonds. The minimum Gasteiger partial charge on any atom is -0.368 e. The van der Waals surface area contributed by atoms with Crippen molar-refractivity contribution >= 4 is 17.7 Å². The highest BCUT2D eigenvalue weighted by Crippen LogP contribution is 2.58.